The third-order valence-electron chi connectivity index (χ3n) is 2.96. The molecular weight excluding hydrogens is 466 g/mol. The molecule has 0 aromatic heterocycles. The molecule has 0 saturated heterocycles. The number of unbranched alkanes of at least 4 members (excludes halogenated alkanes) is 4. The van der Waals surface area contributed by atoms with Gasteiger partial charge in [0, 0.05) is 25.8 Å². The van der Waals surface area contributed by atoms with E-state index >= 15 is 0 Å². The Morgan fingerprint density at radius 2 is 1.81 bits per heavy atom. The predicted octanol–water partition coefficient (Wildman–Crippen LogP) is 6.35. The van der Waals surface area contributed by atoms with Crippen molar-refractivity contribution in [3.63, 3.8) is 0 Å². The van der Waals surface area contributed by atoms with E-state index in [0.29, 0.717) is 0 Å². The van der Waals surface area contributed by atoms with E-state index in [4.69, 9.17) is 0 Å². The van der Waals surface area contributed by atoms with Crippen molar-refractivity contribution in [2.45, 2.75) is 51.4 Å². The molecule has 0 fully saturated rings. The van der Waals surface area contributed by atoms with Crippen molar-refractivity contribution in [2.24, 2.45) is 0 Å². The Bertz CT molecular complexity index is 331. The summed E-state index contributed by atoms with van der Waals surface area (Å²) in [5, 5.41) is 0. The molecule has 0 spiro atoms. The minimum Gasteiger partial charge on any atom is -0.273 e. The van der Waals surface area contributed by atoms with Gasteiger partial charge >= 0.3 is 0 Å². The van der Waals surface area contributed by atoms with Crippen LogP contribution in [-0.4, -0.2) is 0 Å². The van der Waals surface area contributed by atoms with E-state index in [0.717, 1.165) is 12.8 Å². The largest absolute Gasteiger partial charge is 0.273 e. The molecule has 0 nitrogen and oxygen atoms in total. The van der Waals surface area contributed by atoms with E-state index in [-0.39, 0.29) is 50.7 Å². The van der Waals surface area contributed by atoms with Gasteiger partial charge in [0.05, 0.1) is 0 Å². The van der Waals surface area contributed by atoms with E-state index in [1.807, 2.05) is 18.2 Å². The molecule has 2 rings (SSSR count). The van der Waals surface area contributed by atoms with Crippen LogP contribution in [0.4, 0.5) is 0 Å². The molecule has 2 aliphatic rings. The summed E-state index contributed by atoms with van der Waals surface area (Å²) in [6.07, 6.45) is 28.5. The maximum atomic E-state index is 3.72. The number of hydrogen-bond acceptors (Lipinski definition) is 0. The molecule has 0 N–H and O–H groups in total. The van der Waals surface area contributed by atoms with Gasteiger partial charge in [-0.3, -0.25) is 12.2 Å². The molecule has 0 aromatic carbocycles. The second-order valence-electron chi connectivity index (χ2n) is 4.55. The molecule has 0 heterocycles. The van der Waals surface area contributed by atoms with Gasteiger partial charge in [-0.1, -0.05) is 31.8 Å². The van der Waals surface area contributed by atoms with Gasteiger partial charge in [-0.15, -0.1) is 44.2 Å². The van der Waals surface area contributed by atoms with Crippen LogP contribution < -0.4 is 0 Å². The quantitative estimate of drug-likeness (QED) is 0.168. The summed E-state index contributed by atoms with van der Waals surface area (Å²) >= 11 is 0. The Hall–Kier alpha value is 0.150. The van der Waals surface area contributed by atoms with Crippen molar-refractivity contribution in [1.29, 1.82) is 0 Å². The second-order valence-corrected chi connectivity index (χ2v) is 4.55. The molecular formula is C18H26Cl2Hf-2. The van der Waals surface area contributed by atoms with E-state index in [1.54, 1.807) is 0 Å². The molecule has 3 heteroatoms. The summed E-state index contributed by atoms with van der Waals surface area (Å²) in [6.45, 7) is 3.72. The minimum absolute atomic E-state index is 0. The summed E-state index contributed by atoms with van der Waals surface area (Å²) in [7, 11) is 0. The number of halogens is 2. The first kappa shape index (κ1) is 26.1. The minimum atomic E-state index is 0. The first-order valence-electron chi connectivity index (χ1n) is 7.02. The average molecular weight is 492 g/mol. The van der Waals surface area contributed by atoms with E-state index in [9.17, 15) is 0 Å². The van der Waals surface area contributed by atoms with Gasteiger partial charge in [-0.05, 0) is 12.8 Å². The summed E-state index contributed by atoms with van der Waals surface area (Å²) in [6, 6.07) is 0. The Morgan fingerprint density at radius 1 is 1.05 bits per heavy atom. The fraction of sp³-hybridized carbons (Fsp3) is 0.444. The van der Waals surface area contributed by atoms with Crippen LogP contribution in [0.15, 0.2) is 48.6 Å². The van der Waals surface area contributed by atoms with Gasteiger partial charge < -0.3 is 0 Å². The fourth-order valence-corrected chi connectivity index (χ4v) is 1.92. The van der Waals surface area contributed by atoms with Crippen LogP contribution in [-0.2, 0) is 25.8 Å². The molecule has 0 aliphatic heterocycles. The summed E-state index contributed by atoms with van der Waals surface area (Å²) < 4.78 is 0. The predicted molar refractivity (Wildman–Crippen MR) is 94.5 cm³/mol. The monoisotopic (exact) mass is 492 g/mol. The number of rotatable bonds is 7. The zero-order chi connectivity index (χ0) is 12.9. The van der Waals surface area contributed by atoms with Crippen molar-refractivity contribution < 1.29 is 25.8 Å². The molecule has 0 radical (unpaired) electrons. The van der Waals surface area contributed by atoms with Crippen LogP contribution in [0.2, 0.25) is 0 Å². The third-order valence-corrected chi connectivity index (χ3v) is 2.96. The second kappa shape index (κ2) is 20.2. The van der Waals surface area contributed by atoms with Crippen molar-refractivity contribution in [3.8, 4) is 0 Å². The smallest absolute Gasteiger partial charge is 0 e. The maximum Gasteiger partial charge on any atom is 0 e. The van der Waals surface area contributed by atoms with Crippen LogP contribution in [0.25, 0.3) is 0 Å². The Kier molecular flexibility index (Phi) is 25.0. The Labute approximate surface area is 162 Å². The molecule has 118 valence electrons. The topological polar surface area (TPSA) is 0 Å². The zero-order valence-corrected chi connectivity index (χ0v) is 17.9. The SMILES string of the molecule is C=CCCCCCCC1=[C-]CC=C1.Cl.Cl.[C-]1=CC=CC1.[Hf]. The van der Waals surface area contributed by atoms with Crippen molar-refractivity contribution in [2.75, 3.05) is 0 Å². The molecule has 21 heavy (non-hydrogen) atoms. The van der Waals surface area contributed by atoms with Gasteiger partial charge in [-0.25, -0.2) is 23.8 Å². The molecule has 0 unspecified atom stereocenters. The van der Waals surface area contributed by atoms with Crippen LogP contribution in [0, 0.1) is 12.2 Å². The summed E-state index contributed by atoms with van der Waals surface area (Å²) in [4.78, 5) is 0. The van der Waals surface area contributed by atoms with Crippen LogP contribution >= 0.6 is 24.8 Å². The van der Waals surface area contributed by atoms with Crippen molar-refractivity contribution in [1.82, 2.24) is 0 Å². The molecule has 0 amide bonds. The zero-order valence-electron chi connectivity index (χ0n) is 12.6. The first-order valence-corrected chi connectivity index (χ1v) is 7.02. The van der Waals surface area contributed by atoms with Gasteiger partial charge in [0.25, 0.3) is 0 Å². The molecule has 0 saturated carbocycles. The van der Waals surface area contributed by atoms with Crippen LogP contribution in [0.3, 0.4) is 0 Å². The summed E-state index contributed by atoms with van der Waals surface area (Å²) in [5.41, 5.74) is 1.42. The van der Waals surface area contributed by atoms with Gasteiger partial charge in [0.2, 0.25) is 0 Å². The van der Waals surface area contributed by atoms with E-state index < -0.39 is 0 Å². The third kappa shape index (κ3) is 16.3. The molecule has 0 bridgehead atoms. The average Bonchev–Trinajstić information content (AvgIpc) is 3.07. The summed E-state index contributed by atoms with van der Waals surface area (Å²) in [5.74, 6) is 0. The maximum absolute atomic E-state index is 3.72. The van der Waals surface area contributed by atoms with Crippen molar-refractivity contribution >= 4 is 24.8 Å². The standard InChI is InChI=1S/C13H19.C5H5.2ClH.Hf/c1-2-3-4-5-6-7-10-13-11-8-9-12-13;1-2-4-5-3-1;;;/h2,8,11H,1,3-7,9-10H2;1-3H,4H2;2*1H;/q2*-1;;;. The number of allylic oxidation sites excluding steroid dienone is 9. The van der Waals surface area contributed by atoms with Crippen LogP contribution in [0.5, 0.6) is 0 Å². The Morgan fingerprint density at radius 3 is 2.29 bits per heavy atom. The number of hydrogen-bond donors (Lipinski definition) is 0. The van der Waals surface area contributed by atoms with Crippen LogP contribution in [0.1, 0.15) is 51.4 Å². The van der Waals surface area contributed by atoms with Crippen molar-refractivity contribution in [3.05, 3.63) is 60.8 Å². The van der Waals surface area contributed by atoms with Gasteiger partial charge in [0.15, 0.2) is 0 Å². The van der Waals surface area contributed by atoms with Gasteiger partial charge in [0.1, 0.15) is 0 Å². The normalized spacial score (nSPS) is 13.2. The molecule has 0 atom stereocenters. The molecule has 0 aromatic rings. The molecule has 2 aliphatic carbocycles. The Balaban J connectivity index is -0.000000349. The first-order chi connectivity index (χ1) is 8.93. The van der Waals surface area contributed by atoms with E-state index in [2.05, 4.69) is 37.0 Å². The van der Waals surface area contributed by atoms with Gasteiger partial charge in [-0.2, -0.15) is 12.2 Å². The van der Waals surface area contributed by atoms with E-state index in [1.165, 1.54) is 44.1 Å². The fourth-order valence-electron chi connectivity index (χ4n) is 1.92.